The van der Waals surface area contributed by atoms with Gasteiger partial charge in [0, 0.05) is 12.5 Å². The zero-order valence-corrected chi connectivity index (χ0v) is 11.0. The SMILES string of the molecule is C[C@H](CO)c1ccc(-c2ccc(C(F)(F)F)cc2)cc1. The molecule has 1 nitrogen and oxygen atoms in total. The molecule has 2 aromatic rings. The molecule has 0 heterocycles. The fourth-order valence-corrected chi connectivity index (χ4v) is 1.96. The molecule has 20 heavy (non-hydrogen) atoms. The molecule has 0 unspecified atom stereocenters. The summed E-state index contributed by atoms with van der Waals surface area (Å²) in [7, 11) is 0. The van der Waals surface area contributed by atoms with Gasteiger partial charge in [0.05, 0.1) is 5.56 Å². The first kappa shape index (κ1) is 14.6. The first-order chi connectivity index (χ1) is 9.41. The monoisotopic (exact) mass is 280 g/mol. The summed E-state index contributed by atoms with van der Waals surface area (Å²) in [6.45, 7) is 1.98. The van der Waals surface area contributed by atoms with Crippen molar-refractivity contribution in [1.82, 2.24) is 0 Å². The second kappa shape index (κ2) is 5.67. The van der Waals surface area contributed by atoms with Gasteiger partial charge in [-0.3, -0.25) is 0 Å². The molecular formula is C16H15F3O. The highest BCUT2D eigenvalue weighted by atomic mass is 19.4. The number of alkyl halides is 3. The third kappa shape index (κ3) is 3.20. The van der Waals surface area contributed by atoms with E-state index in [-0.39, 0.29) is 12.5 Å². The van der Waals surface area contributed by atoms with E-state index in [1.54, 1.807) is 0 Å². The van der Waals surface area contributed by atoms with E-state index in [1.165, 1.54) is 12.1 Å². The maximum absolute atomic E-state index is 12.5. The van der Waals surface area contributed by atoms with Crippen LogP contribution in [0.3, 0.4) is 0 Å². The van der Waals surface area contributed by atoms with Crippen molar-refractivity contribution < 1.29 is 18.3 Å². The summed E-state index contributed by atoms with van der Waals surface area (Å²) in [4.78, 5) is 0. The summed E-state index contributed by atoms with van der Waals surface area (Å²) >= 11 is 0. The molecule has 0 aliphatic heterocycles. The Balaban J connectivity index is 2.24. The van der Waals surface area contributed by atoms with Crippen molar-refractivity contribution in [3.63, 3.8) is 0 Å². The highest BCUT2D eigenvalue weighted by Gasteiger charge is 2.29. The number of aliphatic hydroxyl groups excluding tert-OH is 1. The van der Waals surface area contributed by atoms with Crippen LogP contribution in [0.15, 0.2) is 48.5 Å². The fraction of sp³-hybridized carbons (Fsp3) is 0.250. The lowest BCUT2D eigenvalue weighted by atomic mass is 9.97. The molecule has 0 saturated heterocycles. The Labute approximate surface area is 115 Å². The number of halogens is 3. The molecule has 2 aromatic carbocycles. The number of hydrogen-bond donors (Lipinski definition) is 1. The van der Waals surface area contributed by atoms with E-state index in [2.05, 4.69) is 0 Å². The predicted octanol–water partition coefficient (Wildman–Crippen LogP) is 4.47. The summed E-state index contributed by atoms with van der Waals surface area (Å²) < 4.78 is 37.4. The lowest BCUT2D eigenvalue weighted by Gasteiger charge is -2.10. The zero-order chi connectivity index (χ0) is 14.8. The molecule has 0 radical (unpaired) electrons. The molecule has 0 saturated carbocycles. The number of hydrogen-bond acceptors (Lipinski definition) is 1. The van der Waals surface area contributed by atoms with Gasteiger partial charge in [0.1, 0.15) is 0 Å². The fourth-order valence-electron chi connectivity index (χ4n) is 1.96. The van der Waals surface area contributed by atoms with Crippen LogP contribution in [0.25, 0.3) is 11.1 Å². The first-order valence-corrected chi connectivity index (χ1v) is 6.30. The summed E-state index contributed by atoms with van der Waals surface area (Å²) in [6, 6.07) is 12.6. The second-order valence-corrected chi connectivity index (χ2v) is 4.78. The largest absolute Gasteiger partial charge is 0.416 e. The van der Waals surface area contributed by atoms with E-state index in [0.717, 1.165) is 28.8 Å². The van der Waals surface area contributed by atoms with Gasteiger partial charge in [-0.2, -0.15) is 13.2 Å². The maximum atomic E-state index is 12.5. The molecule has 0 aliphatic rings. The molecule has 1 N–H and O–H groups in total. The Morgan fingerprint density at radius 1 is 0.900 bits per heavy atom. The van der Waals surface area contributed by atoms with Crippen molar-refractivity contribution in [2.75, 3.05) is 6.61 Å². The van der Waals surface area contributed by atoms with Crippen LogP contribution in [-0.2, 0) is 6.18 Å². The summed E-state index contributed by atoms with van der Waals surface area (Å²) in [5, 5.41) is 9.07. The normalized spacial score (nSPS) is 13.2. The van der Waals surface area contributed by atoms with Gasteiger partial charge in [0.2, 0.25) is 0 Å². The van der Waals surface area contributed by atoms with Crippen LogP contribution in [-0.4, -0.2) is 11.7 Å². The van der Waals surface area contributed by atoms with E-state index in [9.17, 15) is 13.2 Å². The van der Waals surface area contributed by atoms with Crippen molar-refractivity contribution in [1.29, 1.82) is 0 Å². The van der Waals surface area contributed by atoms with Crippen LogP contribution in [0, 0.1) is 0 Å². The van der Waals surface area contributed by atoms with E-state index < -0.39 is 11.7 Å². The van der Waals surface area contributed by atoms with E-state index in [0.29, 0.717) is 0 Å². The minimum absolute atomic E-state index is 0.0525. The van der Waals surface area contributed by atoms with Crippen molar-refractivity contribution >= 4 is 0 Å². The molecule has 0 fully saturated rings. The van der Waals surface area contributed by atoms with E-state index in [1.807, 2.05) is 31.2 Å². The summed E-state index contributed by atoms with van der Waals surface area (Å²) in [6.07, 6.45) is -4.31. The van der Waals surface area contributed by atoms with Gasteiger partial charge < -0.3 is 5.11 Å². The third-order valence-corrected chi connectivity index (χ3v) is 3.30. The molecule has 0 aromatic heterocycles. The first-order valence-electron chi connectivity index (χ1n) is 6.30. The molecule has 4 heteroatoms. The zero-order valence-electron chi connectivity index (χ0n) is 11.0. The average molecular weight is 280 g/mol. The Kier molecular flexibility index (Phi) is 4.14. The molecule has 0 spiro atoms. The van der Waals surface area contributed by atoms with Crippen LogP contribution in [0.1, 0.15) is 24.0 Å². The van der Waals surface area contributed by atoms with Crippen LogP contribution in [0.4, 0.5) is 13.2 Å². The molecule has 1 atom stereocenters. The van der Waals surface area contributed by atoms with E-state index >= 15 is 0 Å². The van der Waals surface area contributed by atoms with Crippen molar-refractivity contribution in [2.24, 2.45) is 0 Å². The van der Waals surface area contributed by atoms with Gasteiger partial charge in [-0.25, -0.2) is 0 Å². The average Bonchev–Trinajstić information content (AvgIpc) is 2.46. The third-order valence-electron chi connectivity index (χ3n) is 3.30. The quantitative estimate of drug-likeness (QED) is 0.879. The Hall–Kier alpha value is -1.81. The predicted molar refractivity (Wildman–Crippen MR) is 72.4 cm³/mol. The lowest BCUT2D eigenvalue weighted by Crippen LogP contribution is -2.04. The molecule has 0 bridgehead atoms. The van der Waals surface area contributed by atoms with Gasteiger partial charge in [-0.15, -0.1) is 0 Å². The van der Waals surface area contributed by atoms with Gasteiger partial charge in [0.25, 0.3) is 0 Å². The Bertz CT molecular complexity index is 556. The van der Waals surface area contributed by atoms with Gasteiger partial charge in [-0.1, -0.05) is 43.3 Å². The molecule has 0 amide bonds. The summed E-state index contributed by atoms with van der Waals surface area (Å²) in [5.74, 6) is 0.0525. The highest BCUT2D eigenvalue weighted by molar-refractivity contribution is 5.64. The van der Waals surface area contributed by atoms with E-state index in [4.69, 9.17) is 5.11 Å². The Morgan fingerprint density at radius 3 is 1.75 bits per heavy atom. The Morgan fingerprint density at radius 2 is 1.35 bits per heavy atom. The highest BCUT2D eigenvalue weighted by Crippen LogP contribution is 2.31. The van der Waals surface area contributed by atoms with Crippen LogP contribution in [0.5, 0.6) is 0 Å². The number of benzene rings is 2. The van der Waals surface area contributed by atoms with Crippen molar-refractivity contribution in [2.45, 2.75) is 19.0 Å². The molecule has 0 aliphatic carbocycles. The second-order valence-electron chi connectivity index (χ2n) is 4.78. The van der Waals surface area contributed by atoms with Crippen LogP contribution < -0.4 is 0 Å². The van der Waals surface area contributed by atoms with Gasteiger partial charge >= 0.3 is 6.18 Å². The minimum atomic E-state index is -4.31. The minimum Gasteiger partial charge on any atom is -0.396 e. The van der Waals surface area contributed by atoms with Gasteiger partial charge in [0.15, 0.2) is 0 Å². The number of aliphatic hydroxyl groups is 1. The maximum Gasteiger partial charge on any atom is 0.416 e. The standard InChI is InChI=1S/C16H15F3O/c1-11(10-20)12-2-4-13(5-3-12)14-6-8-15(9-7-14)16(17,18)19/h2-9,11,20H,10H2,1H3/t11-/m1/s1. The van der Waals surface area contributed by atoms with Crippen molar-refractivity contribution in [3.05, 3.63) is 59.7 Å². The molecule has 2 rings (SSSR count). The van der Waals surface area contributed by atoms with Crippen molar-refractivity contribution in [3.8, 4) is 11.1 Å². The van der Waals surface area contributed by atoms with Crippen LogP contribution >= 0.6 is 0 Å². The molecule has 106 valence electrons. The smallest absolute Gasteiger partial charge is 0.396 e. The number of rotatable bonds is 3. The molecular weight excluding hydrogens is 265 g/mol. The van der Waals surface area contributed by atoms with Gasteiger partial charge in [-0.05, 0) is 28.8 Å². The van der Waals surface area contributed by atoms with Crippen LogP contribution in [0.2, 0.25) is 0 Å². The summed E-state index contributed by atoms with van der Waals surface area (Å²) in [5.41, 5.74) is 1.95. The lowest BCUT2D eigenvalue weighted by molar-refractivity contribution is -0.137. The topological polar surface area (TPSA) is 20.2 Å².